The summed E-state index contributed by atoms with van der Waals surface area (Å²) in [6.07, 6.45) is 0.560. The van der Waals surface area contributed by atoms with Gasteiger partial charge in [0.1, 0.15) is 0 Å². The summed E-state index contributed by atoms with van der Waals surface area (Å²) in [6.45, 7) is 4.12. The van der Waals surface area contributed by atoms with Gasteiger partial charge in [0, 0.05) is 12.2 Å². The number of ether oxygens (including phenoxy) is 1. The predicted molar refractivity (Wildman–Crippen MR) is 83.6 cm³/mol. The van der Waals surface area contributed by atoms with Crippen LogP contribution in [0.25, 0.3) is 0 Å². The average Bonchev–Trinajstić information content (AvgIpc) is 2.90. The fourth-order valence-electron chi connectivity index (χ4n) is 2.71. The number of para-hydroxylation sites is 1. The largest absolute Gasteiger partial charge is 0.452 e. The number of anilines is 1. The third kappa shape index (κ3) is 3.85. The molecule has 0 fully saturated rings. The highest BCUT2D eigenvalue weighted by atomic mass is 16.5. The second-order valence-corrected chi connectivity index (χ2v) is 5.65. The van der Waals surface area contributed by atoms with Crippen molar-refractivity contribution in [2.24, 2.45) is 0 Å². The first-order chi connectivity index (χ1) is 10.5. The molecule has 1 heterocycles. The van der Waals surface area contributed by atoms with E-state index in [1.165, 1.54) is 0 Å². The lowest BCUT2D eigenvalue weighted by Gasteiger charge is -2.22. The highest BCUT2D eigenvalue weighted by Crippen LogP contribution is 2.28. The third-order valence-corrected chi connectivity index (χ3v) is 3.83. The number of fused-ring (bicyclic) bond motifs is 1. The van der Waals surface area contributed by atoms with E-state index in [-0.39, 0.29) is 12.3 Å². The number of hydrogen-bond acceptors (Lipinski definition) is 4. The minimum absolute atomic E-state index is 0.0674. The fraction of sp³-hybridized carbons (Fsp3) is 0.529. The molecule has 0 spiro atoms. The number of aliphatic hydroxyl groups is 1. The Kier molecular flexibility index (Phi) is 5.55. The number of carbonyl (C=O) groups excluding carboxylic acids is 2. The van der Waals surface area contributed by atoms with Crippen LogP contribution in [0.15, 0.2) is 24.3 Å². The van der Waals surface area contributed by atoms with Gasteiger partial charge in [-0.25, -0.2) is 0 Å². The van der Waals surface area contributed by atoms with Gasteiger partial charge in [0.15, 0.2) is 6.10 Å². The van der Waals surface area contributed by atoms with Gasteiger partial charge >= 0.3 is 5.97 Å². The Morgan fingerprint density at radius 2 is 2.09 bits per heavy atom. The highest BCUT2D eigenvalue weighted by molar-refractivity contribution is 5.99. The number of benzene rings is 1. The standard InChI is InChI=1S/C17H23NO4/c1-3-6-14(19)11-16(20)22-12(2)17(21)18-10-9-13-7-4-5-8-15(13)18/h4-5,7-8,12,14,19H,3,6,9-11H2,1-2H3/t12-,14+/m0/s1. The molecule has 0 unspecified atom stereocenters. The van der Waals surface area contributed by atoms with E-state index in [0.717, 1.165) is 24.1 Å². The van der Waals surface area contributed by atoms with Crippen LogP contribution in [0.3, 0.4) is 0 Å². The van der Waals surface area contributed by atoms with E-state index in [1.54, 1.807) is 11.8 Å². The molecule has 2 atom stereocenters. The Labute approximate surface area is 130 Å². The zero-order chi connectivity index (χ0) is 16.1. The molecule has 1 N–H and O–H groups in total. The molecule has 0 radical (unpaired) electrons. The maximum Gasteiger partial charge on any atom is 0.309 e. The number of aliphatic hydroxyl groups excluding tert-OH is 1. The zero-order valence-corrected chi connectivity index (χ0v) is 13.1. The van der Waals surface area contributed by atoms with Crippen molar-refractivity contribution in [2.45, 2.75) is 51.7 Å². The number of hydrogen-bond donors (Lipinski definition) is 1. The molecule has 0 bridgehead atoms. The van der Waals surface area contributed by atoms with Crippen LogP contribution in [0, 0.1) is 0 Å². The summed E-state index contributed by atoms with van der Waals surface area (Å²) in [4.78, 5) is 25.9. The summed E-state index contributed by atoms with van der Waals surface area (Å²) in [5, 5.41) is 9.62. The van der Waals surface area contributed by atoms with E-state index >= 15 is 0 Å². The van der Waals surface area contributed by atoms with Crippen LogP contribution in [0.2, 0.25) is 0 Å². The molecule has 1 aliphatic rings. The second-order valence-electron chi connectivity index (χ2n) is 5.65. The van der Waals surface area contributed by atoms with Crippen LogP contribution in [-0.2, 0) is 20.7 Å². The molecular weight excluding hydrogens is 282 g/mol. The lowest BCUT2D eigenvalue weighted by atomic mass is 10.1. The molecule has 5 heteroatoms. The lowest BCUT2D eigenvalue weighted by Crippen LogP contribution is -2.39. The Hall–Kier alpha value is -1.88. The van der Waals surface area contributed by atoms with Gasteiger partial charge in [-0.05, 0) is 31.4 Å². The van der Waals surface area contributed by atoms with Crippen molar-refractivity contribution < 1.29 is 19.4 Å². The number of esters is 1. The van der Waals surface area contributed by atoms with Crippen LogP contribution >= 0.6 is 0 Å². The first-order valence-electron chi connectivity index (χ1n) is 7.79. The summed E-state index contributed by atoms with van der Waals surface area (Å²) in [5.74, 6) is -0.752. The molecule has 1 amide bonds. The molecular formula is C17H23NO4. The molecule has 2 rings (SSSR count). The monoisotopic (exact) mass is 305 g/mol. The summed E-state index contributed by atoms with van der Waals surface area (Å²) in [7, 11) is 0. The van der Waals surface area contributed by atoms with Gasteiger partial charge in [-0.1, -0.05) is 31.5 Å². The van der Waals surface area contributed by atoms with E-state index < -0.39 is 18.2 Å². The molecule has 120 valence electrons. The minimum atomic E-state index is -0.840. The van der Waals surface area contributed by atoms with E-state index in [0.29, 0.717) is 13.0 Å². The molecule has 0 saturated heterocycles. The third-order valence-electron chi connectivity index (χ3n) is 3.83. The Morgan fingerprint density at radius 1 is 1.36 bits per heavy atom. The number of rotatable bonds is 6. The zero-order valence-electron chi connectivity index (χ0n) is 13.1. The van der Waals surface area contributed by atoms with Gasteiger partial charge in [-0.2, -0.15) is 0 Å². The van der Waals surface area contributed by atoms with Crippen molar-refractivity contribution in [2.75, 3.05) is 11.4 Å². The van der Waals surface area contributed by atoms with Crippen molar-refractivity contribution >= 4 is 17.6 Å². The van der Waals surface area contributed by atoms with Crippen molar-refractivity contribution in [3.05, 3.63) is 29.8 Å². The van der Waals surface area contributed by atoms with E-state index in [2.05, 4.69) is 0 Å². The summed E-state index contributed by atoms with van der Waals surface area (Å²) >= 11 is 0. The SMILES string of the molecule is CCC[C@@H](O)CC(=O)O[C@@H](C)C(=O)N1CCc2ccccc21. The predicted octanol–water partition coefficient (Wildman–Crippen LogP) is 2.06. The van der Waals surface area contributed by atoms with Gasteiger partial charge in [0.05, 0.1) is 12.5 Å². The molecule has 5 nitrogen and oxygen atoms in total. The Morgan fingerprint density at radius 3 is 2.82 bits per heavy atom. The number of amides is 1. The maximum atomic E-state index is 12.4. The lowest BCUT2D eigenvalue weighted by molar-refractivity contribution is -0.155. The Bertz CT molecular complexity index is 543. The molecule has 0 aliphatic carbocycles. The average molecular weight is 305 g/mol. The number of carbonyl (C=O) groups is 2. The fourth-order valence-corrected chi connectivity index (χ4v) is 2.71. The minimum Gasteiger partial charge on any atom is -0.452 e. The topological polar surface area (TPSA) is 66.8 Å². The molecule has 1 aliphatic heterocycles. The number of nitrogens with zero attached hydrogens (tertiary/aromatic N) is 1. The van der Waals surface area contributed by atoms with Crippen LogP contribution in [0.4, 0.5) is 5.69 Å². The van der Waals surface area contributed by atoms with E-state index in [9.17, 15) is 14.7 Å². The smallest absolute Gasteiger partial charge is 0.309 e. The van der Waals surface area contributed by atoms with Crippen molar-refractivity contribution in [3.63, 3.8) is 0 Å². The first kappa shape index (κ1) is 16.5. The normalized spacial score (nSPS) is 16.0. The van der Waals surface area contributed by atoms with Gasteiger partial charge in [0.2, 0.25) is 0 Å². The van der Waals surface area contributed by atoms with Crippen LogP contribution < -0.4 is 4.90 Å². The van der Waals surface area contributed by atoms with Crippen LogP contribution in [0.5, 0.6) is 0 Å². The van der Waals surface area contributed by atoms with Gasteiger partial charge < -0.3 is 14.7 Å². The summed E-state index contributed by atoms with van der Waals surface area (Å²) in [5.41, 5.74) is 2.02. The van der Waals surface area contributed by atoms with Gasteiger partial charge in [-0.3, -0.25) is 9.59 Å². The molecule has 1 aromatic carbocycles. The molecule has 0 aromatic heterocycles. The summed E-state index contributed by atoms with van der Waals surface area (Å²) in [6, 6.07) is 7.74. The van der Waals surface area contributed by atoms with Crippen molar-refractivity contribution in [1.82, 2.24) is 0 Å². The Balaban J connectivity index is 1.92. The molecule has 0 saturated carbocycles. The van der Waals surface area contributed by atoms with Crippen molar-refractivity contribution in [1.29, 1.82) is 0 Å². The summed E-state index contributed by atoms with van der Waals surface area (Å²) < 4.78 is 5.17. The van der Waals surface area contributed by atoms with Crippen LogP contribution in [0.1, 0.15) is 38.7 Å². The van der Waals surface area contributed by atoms with Crippen molar-refractivity contribution in [3.8, 4) is 0 Å². The van der Waals surface area contributed by atoms with Gasteiger partial charge in [0.25, 0.3) is 5.91 Å². The first-order valence-corrected chi connectivity index (χ1v) is 7.79. The van der Waals surface area contributed by atoms with Crippen LogP contribution in [-0.4, -0.2) is 35.7 Å². The molecule has 1 aromatic rings. The molecule has 22 heavy (non-hydrogen) atoms. The second kappa shape index (κ2) is 7.40. The van der Waals surface area contributed by atoms with Gasteiger partial charge in [-0.15, -0.1) is 0 Å². The quantitative estimate of drug-likeness (QED) is 0.817. The van der Waals surface area contributed by atoms with E-state index in [1.807, 2.05) is 31.2 Å². The van der Waals surface area contributed by atoms with E-state index in [4.69, 9.17) is 4.74 Å². The maximum absolute atomic E-state index is 12.4. The highest BCUT2D eigenvalue weighted by Gasteiger charge is 2.29.